The topological polar surface area (TPSA) is 140 Å². The Bertz CT molecular complexity index is 974. The van der Waals surface area contributed by atoms with Gasteiger partial charge in [-0.3, -0.25) is 14.4 Å². The zero-order valence-electron chi connectivity index (χ0n) is 16.0. The zero-order valence-corrected chi connectivity index (χ0v) is 16.0. The summed E-state index contributed by atoms with van der Waals surface area (Å²) in [5, 5.41) is 32.0. The number of phenols is 2. The minimum atomic E-state index is -1.83. The minimum Gasteiger partial charge on any atom is -0.507 e. The summed E-state index contributed by atoms with van der Waals surface area (Å²) in [6.07, 6.45) is -0.474. The lowest BCUT2D eigenvalue weighted by Gasteiger charge is -2.43. The molecule has 0 saturated carbocycles. The number of methoxy groups -OCH3 is 1. The van der Waals surface area contributed by atoms with Gasteiger partial charge in [0.1, 0.15) is 28.2 Å². The first kappa shape index (κ1) is 19.7. The molecule has 0 saturated heterocycles. The predicted octanol–water partition coefficient (Wildman–Crippen LogP) is 1.91. The van der Waals surface area contributed by atoms with Crippen molar-refractivity contribution in [2.24, 2.45) is 0 Å². The van der Waals surface area contributed by atoms with Crippen molar-refractivity contribution in [3.05, 3.63) is 28.2 Å². The molecule has 0 radical (unpaired) electrons. The third-order valence-corrected chi connectivity index (χ3v) is 5.43. The highest BCUT2D eigenvalue weighted by atomic mass is 16.7. The molecule has 9 nitrogen and oxygen atoms in total. The van der Waals surface area contributed by atoms with Gasteiger partial charge in [0.25, 0.3) is 0 Å². The lowest BCUT2D eigenvalue weighted by Crippen LogP contribution is -2.57. The fourth-order valence-electron chi connectivity index (χ4n) is 3.91. The summed E-state index contributed by atoms with van der Waals surface area (Å²) in [6, 6.07) is 0. The number of Topliss-reactive ketones (excluding diaryl/α,β-unsaturated/α-hetero) is 2. The summed E-state index contributed by atoms with van der Waals surface area (Å²) in [5.74, 6) is -6.37. The Kier molecular flexibility index (Phi) is 4.19. The van der Waals surface area contributed by atoms with E-state index in [4.69, 9.17) is 14.2 Å². The molecule has 3 rings (SSSR count). The number of benzene rings is 1. The van der Waals surface area contributed by atoms with Crippen molar-refractivity contribution in [1.82, 2.24) is 0 Å². The Morgan fingerprint density at radius 1 is 1.14 bits per heavy atom. The first-order valence-electron chi connectivity index (χ1n) is 8.42. The van der Waals surface area contributed by atoms with E-state index in [0.717, 1.165) is 6.92 Å². The van der Waals surface area contributed by atoms with Crippen LogP contribution in [-0.4, -0.2) is 45.8 Å². The van der Waals surface area contributed by atoms with E-state index in [0.29, 0.717) is 0 Å². The highest BCUT2D eigenvalue weighted by Crippen LogP contribution is 2.62. The molecule has 1 aromatic rings. The molecule has 1 aliphatic heterocycles. The van der Waals surface area contributed by atoms with Crippen molar-refractivity contribution in [3.63, 3.8) is 0 Å². The van der Waals surface area contributed by atoms with Gasteiger partial charge in [-0.15, -0.1) is 0 Å². The molecule has 0 fully saturated rings. The number of aromatic hydroxyl groups is 2. The number of aliphatic hydroxyl groups is 1. The first-order valence-corrected chi connectivity index (χ1v) is 8.42. The minimum absolute atomic E-state index is 0.0144. The highest BCUT2D eigenvalue weighted by Gasteiger charge is 2.68. The van der Waals surface area contributed by atoms with Crippen LogP contribution in [0.25, 0.3) is 0 Å². The monoisotopic (exact) mass is 392 g/mol. The second kappa shape index (κ2) is 5.96. The molecule has 0 spiro atoms. The summed E-state index contributed by atoms with van der Waals surface area (Å²) in [6.45, 7) is 5.08. The van der Waals surface area contributed by atoms with Crippen LogP contribution in [0, 0.1) is 6.92 Å². The summed E-state index contributed by atoms with van der Waals surface area (Å²) in [7, 11) is 1.23. The van der Waals surface area contributed by atoms with Crippen LogP contribution >= 0.6 is 0 Å². The van der Waals surface area contributed by atoms with Crippen molar-refractivity contribution < 1.29 is 43.9 Å². The number of esters is 1. The van der Waals surface area contributed by atoms with Crippen LogP contribution in [0.15, 0.2) is 11.5 Å². The number of hydrogen-bond donors (Lipinski definition) is 3. The Hall–Kier alpha value is -3.07. The van der Waals surface area contributed by atoms with E-state index in [-0.39, 0.29) is 22.4 Å². The number of ether oxygens (including phenoxy) is 3. The van der Waals surface area contributed by atoms with E-state index in [9.17, 15) is 29.7 Å². The Balaban J connectivity index is 2.46. The highest BCUT2D eigenvalue weighted by molar-refractivity contribution is 6.03. The number of hydrogen-bond acceptors (Lipinski definition) is 9. The van der Waals surface area contributed by atoms with Crippen molar-refractivity contribution in [3.8, 4) is 17.2 Å². The smallest absolute Gasteiger partial charge is 0.308 e. The number of rotatable bonds is 3. The average Bonchev–Trinajstić information content (AvgIpc) is 2.86. The average molecular weight is 392 g/mol. The molecule has 2 unspecified atom stereocenters. The third kappa shape index (κ3) is 2.19. The molecule has 150 valence electrons. The predicted molar refractivity (Wildman–Crippen MR) is 93.3 cm³/mol. The van der Waals surface area contributed by atoms with Gasteiger partial charge >= 0.3 is 5.97 Å². The maximum atomic E-state index is 12.5. The van der Waals surface area contributed by atoms with Crippen molar-refractivity contribution in [2.45, 2.75) is 45.3 Å². The molecular formula is C19H20O9. The molecule has 1 heterocycles. The molecule has 2 atom stereocenters. The lowest BCUT2D eigenvalue weighted by molar-refractivity contribution is -0.202. The van der Waals surface area contributed by atoms with Gasteiger partial charge in [-0.25, -0.2) is 0 Å². The number of fused-ring (bicyclic) bond motifs is 3. The van der Waals surface area contributed by atoms with Gasteiger partial charge in [0.15, 0.2) is 11.5 Å². The Morgan fingerprint density at radius 2 is 1.75 bits per heavy atom. The summed E-state index contributed by atoms with van der Waals surface area (Å²) >= 11 is 0. The maximum Gasteiger partial charge on any atom is 0.308 e. The number of carbonyl (C=O) groups excluding carboxylic acids is 3. The van der Waals surface area contributed by atoms with Crippen LogP contribution in [0.3, 0.4) is 0 Å². The van der Waals surface area contributed by atoms with Gasteiger partial charge in [-0.1, -0.05) is 0 Å². The normalized spacial score (nSPS) is 25.8. The first-order chi connectivity index (χ1) is 12.9. The summed E-state index contributed by atoms with van der Waals surface area (Å²) < 4.78 is 16.2. The molecule has 9 heteroatoms. The summed E-state index contributed by atoms with van der Waals surface area (Å²) in [4.78, 5) is 36.1. The number of aliphatic hydroxyl groups excluding tert-OH is 1. The van der Waals surface area contributed by atoms with E-state index >= 15 is 0 Å². The third-order valence-electron chi connectivity index (χ3n) is 5.43. The van der Waals surface area contributed by atoms with E-state index in [1.54, 1.807) is 0 Å². The van der Waals surface area contributed by atoms with E-state index in [1.165, 1.54) is 27.9 Å². The van der Waals surface area contributed by atoms with Gasteiger partial charge in [0.2, 0.25) is 17.3 Å². The molecule has 1 aliphatic carbocycles. The molecule has 28 heavy (non-hydrogen) atoms. The van der Waals surface area contributed by atoms with E-state index in [2.05, 4.69) is 0 Å². The summed E-state index contributed by atoms with van der Waals surface area (Å²) in [5.41, 5.74) is -1.99. The van der Waals surface area contributed by atoms with Crippen molar-refractivity contribution in [2.75, 3.05) is 7.11 Å². The standard InChI is InChI=1S/C19H20O9/c1-7-13(23)11(8(2)20)16-12(14(7)24)18(4)17(25)15(27-9(3)21)10(22)6-19(18,26-5)28-16/h23-25H,6H2,1-5H3. The van der Waals surface area contributed by atoms with Crippen molar-refractivity contribution >= 4 is 17.5 Å². The van der Waals surface area contributed by atoms with E-state index in [1.807, 2.05) is 0 Å². The molecule has 3 N–H and O–H groups in total. The van der Waals surface area contributed by atoms with E-state index < -0.39 is 58.2 Å². The lowest BCUT2D eigenvalue weighted by atomic mass is 9.68. The molecule has 0 bridgehead atoms. The quantitative estimate of drug-likeness (QED) is 0.520. The number of phenolic OH excluding ortho intramolecular Hbond substituents is 2. The molecule has 1 aromatic carbocycles. The molecule has 2 aliphatic rings. The fourth-order valence-corrected chi connectivity index (χ4v) is 3.91. The second-order valence-corrected chi connectivity index (χ2v) is 7.01. The molecular weight excluding hydrogens is 372 g/mol. The van der Waals surface area contributed by atoms with Gasteiger partial charge in [0.05, 0.1) is 12.0 Å². The number of carbonyl (C=O) groups is 3. The zero-order chi connectivity index (χ0) is 21.2. The van der Waals surface area contributed by atoms with Gasteiger partial charge in [-0.05, 0) is 20.8 Å². The molecule has 0 aromatic heterocycles. The largest absolute Gasteiger partial charge is 0.507 e. The van der Waals surface area contributed by atoms with Gasteiger partial charge in [0, 0.05) is 19.6 Å². The number of ketones is 2. The molecule has 0 amide bonds. The Labute approximate surface area is 160 Å². The number of allylic oxidation sites excluding steroid dienone is 1. The van der Waals surface area contributed by atoms with Crippen LogP contribution in [0.2, 0.25) is 0 Å². The van der Waals surface area contributed by atoms with Gasteiger partial charge in [-0.2, -0.15) is 0 Å². The maximum absolute atomic E-state index is 12.5. The van der Waals surface area contributed by atoms with Crippen molar-refractivity contribution in [1.29, 1.82) is 0 Å². The van der Waals surface area contributed by atoms with Crippen LogP contribution in [-0.2, 0) is 24.5 Å². The Morgan fingerprint density at radius 3 is 2.25 bits per heavy atom. The van der Waals surface area contributed by atoms with Crippen LogP contribution in [0.5, 0.6) is 17.2 Å². The van der Waals surface area contributed by atoms with Crippen LogP contribution < -0.4 is 4.74 Å². The fraction of sp³-hybridized carbons (Fsp3) is 0.421. The second-order valence-electron chi connectivity index (χ2n) is 7.01. The van der Waals surface area contributed by atoms with Gasteiger partial charge < -0.3 is 29.5 Å². The SMILES string of the molecule is COC12CC(=O)C(OC(C)=O)=C(O)C1(C)c1c(O)c(C)c(O)c(C(C)=O)c1O2. The van der Waals surface area contributed by atoms with Crippen LogP contribution in [0.1, 0.15) is 48.7 Å². The van der Waals surface area contributed by atoms with Crippen LogP contribution in [0.4, 0.5) is 0 Å².